The second kappa shape index (κ2) is 7.21. The molecular formula is C27H43NO. The van der Waals surface area contributed by atoms with Crippen LogP contribution in [0.15, 0.2) is 16.6 Å². The van der Waals surface area contributed by atoms with Crippen LogP contribution in [0.5, 0.6) is 0 Å². The van der Waals surface area contributed by atoms with E-state index < -0.39 is 0 Å². The number of nitrogens with zero attached hydrogens (tertiary/aromatic N) is 1. The Balaban J connectivity index is 1.38. The minimum Gasteiger partial charge on any atom is -0.393 e. The van der Waals surface area contributed by atoms with Crippen molar-refractivity contribution in [2.75, 3.05) is 6.54 Å². The second-order valence-electron chi connectivity index (χ2n) is 12.1. The molecule has 2 nitrogen and oxygen atoms in total. The topological polar surface area (TPSA) is 32.6 Å². The van der Waals surface area contributed by atoms with Crippen molar-refractivity contribution in [2.24, 2.45) is 51.3 Å². The zero-order valence-corrected chi connectivity index (χ0v) is 19.3. The molecule has 0 bridgehead atoms. The molecule has 0 unspecified atom stereocenters. The molecule has 9 atom stereocenters. The van der Waals surface area contributed by atoms with Crippen LogP contribution in [0.25, 0.3) is 0 Å². The van der Waals surface area contributed by atoms with Crippen molar-refractivity contribution >= 4 is 5.71 Å². The molecule has 5 rings (SSSR count). The number of fused-ring (bicyclic) bond motifs is 5. The fraction of sp³-hybridized carbons (Fsp3) is 0.889. The smallest absolute Gasteiger partial charge is 0.0577 e. The van der Waals surface area contributed by atoms with Gasteiger partial charge in [0.15, 0.2) is 0 Å². The van der Waals surface area contributed by atoms with Crippen LogP contribution in [0.1, 0.15) is 91.9 Å². The number of hydrogen-bond acceptors (Lipinski definition) is 2. The summed E-state index contributed by atoms with van der Waals surface area (Å²) in [5.74, 6) is 4.94. The van der Waals surface area contributed by atoms with Gasteiger partial charge in [-0.1, -0.05) is 39.3 Å². The number of aliphatic hydroxyl groups excluding tert-OH is 1. The molecule has 4 aliphatic carbocycles. The Morgan fingerprint density at radius 2 is 1.90 bits per heavy atom. The lowest BCUT2D eigenvalue weighted by molar-refractivity contribution is -0.0532. The molecule has 0 aromatic heterocycles. The molecule has 29 heavy (non-hydrogen) atoms. The second-order valence-corrected chi connectivity index (χ2v) is 12.1. The molecule has 3 saturated carbocycles. The summed E-state index contributed by atoms with van der Waals surface area (Å²) in [6.07, 6.45) is 15.2. The Kier molecular flexibility index (Phi) is 5.04. The molecule has 5 aliphatic rings. The standard InChI is InChI=1S/C27H43NO/c1-17-5-10-25(28-16-17)18(2)22-8-9-23-21-7-6-19-15-20(29)11-13-26(19,3)24(21)12-14-27(22,23)4/h6,17-18,20-24,29H,5,7-16H2,1-4H3/t17-,18+,20+,21-,22-,23-,24-,26+,27-/m1/s1. The monoisotopic (exact) mass is 397 g/mol. The van der Waals surface area contributed by atoms with Gasteiger partial charge in [-0.25, -0.2) is 0 Å². The highest BCUT2D eigenvalue weighted by atomic mass is 16.3. The molecule has 2 heteroatoms. The lowest BCUT2D eigenvalue weighted by atomic mass is 9.47. The Hall–Kier alpha value is -0.630. The summed E-state index contributed by atoms with van der Waals surface area (Å²) in [5, 5.41) is 10.2. The third kappa shape index (κ3) is 3.10. The van der Waals surface area contributed by atoms with Crippen LogP contribution in [0, 0.1) is 46.3 Å². The third-order valence-electron chi connectivity index (χ3n) is 10.8. The van der Waals surface area contributed by atoms with Crippen molar-refractivity contribution in [3.8, 4) is 0 Å². The summed E-state index contributed by atoms with van der Waals surface area (Å²) in [6, 6.07) is 0. The van der Waals surface area contributed by atoms with Gasteiger partial charge in [-0.2, -0.15) is 0 Å². The summed E-state index contributed by atoms with van der Waals surface area (Å²) in [4.78, 5) is 5.06. The Morgan fingerprint density at radius 3 is 2.66 bits per heavy atom. The van der Waals surface area contributed by atoms with Crippen LogP contribution in [-0.2, 0) is 0 Å². The van der Waals surface area contributed by atoms with E-state index in [0.29, 0.717) is 16.7 Å². The van der Waals surface area contributed by atoms with E-state index in [1.807, 2.05) is 0 Å². The van der Waals surface area contributed by atoms with Crippen LogP contribution in [-0.4, -0.2) is 23.5 Å². The highest BCUT2D eigenvalue weighted by Crippen LogP contribution is 2.67. The molecule has 0 amide bonds. The molecule has 1 aliphatic heterocycles. The largest absolute Gasteiger partial charge is 0.393 e. The van der Waals surface area contributed by atoms with Crippen molar-refractivity contribution in [1.82, 2.24) is 0 Å². The third-order valence-corrected chi connectivity index (χ3v) is 10.8. The van der Waals surface area contributed by atoms with E-state index in [0.717, 1.165) is 49.0 Å². The van der Waals surface area contributed by atoms with Crippen molar-refractivity contribution in [3.05, 3.63) is 11.6 Å². The first-order chi connectivity index (χ1) is 13.8. The Bertz CT molecular complexity index is 709. The normalized spacial score (nSPS) is 50.7. The average molecular weight is 398 g/mol. The highest BCUT2D eigenvalue weighted by molar-refractivity contribution is 5.87. The summed E-state index contributed by atoms with van der Waals surface area (Å²) < 4.78 is 0. The number of rotatable bonds is 2. The molecule has 1 N–H and O–H groups in total. The maximum atomic E-state index is 10.2. The molecule has 1 heterocycles. The van der Waals surface area contributed by atoms with Gasteiger partial charge < -0.3 is 5.11 Å². The first-order valence-electron chi connectivity index (χ1n) is 12.7. The van der Waals surface area contributed by atoms with E-state index in [4.69, 9.17) is 4.99 Å². The minimum atomic E-state index is -0.0876. The SMILES string of the molecule is C[C@@H]1CCC([C@@H](C)[C@H]2CC[C@@H]3[C@H]4CC=C5C[C@@H](O)CC[C@]5(C)[C@@H]4CC[C@@]32C)=NC1. The van der Waals surface area contributed by atoms with Crippen molar-refractivity contribution in [2.45, 2.75) is 98.0 Å². The van der Waals surface area contributed by atoms with Gasteiger partial charge in [0.25, 0.3) is 0 Å². The van der Waals surface area contributed by atoms with Gasteiger partial charge in [-0.05, 0) is 111 Å². The van der Waals surface area contributed by atoms with E-state index in [9.17, 15) is 5.11 Å². The molecule has 0 saturated heterocycles. The van der Waals surface area contributed by atoms with Crippen molar-refractivity contribution in [3.63, 3.8) is 0 Å². The first kappa shape index (κ1) is 20.3. The molecule has 0 spiro atoms. The molecule has 0 radical (unpaired) electrons. The lowest BCUT2D eigenvalue weighted by Gasteiger charge is -2.58. The summed E-state index contributed by atoms with van der Waals surface area (Å²) in [6.45, 7) is 11.2. The molecule has 3 fully saturated rings. The van der Waals surface area contributed by atoms with E-state index in [-0.39, 0.29) is 6.10 Å². The van der Waals surface area contributed by atoms with Gasteiger partial charge in [0.05, 0.1) is 6.10 Å². The van der Waals surface area contributed by atoms with Crippen LogP contribution < -0.4 is 0 Å². The first-order valence-corrected chi connectivity index (χ1v) is 12.7. The van der Waals surface area contributed by atoms with E-state index in [1.165, 1.54) is 51.4 Å². The summed E-state index contributed by atoms with van der Waals surface area (Å²) >= 11 is 0. The van der Waals surface area contributed by atoms with Crippen molar-refractivity contribution < 1.29 is 5.11 Å². The van der Waals surface area contributed by atoms with Gasteiger partial charge in [-0.15, -0.1) is 0 Å². The summed E-state index contributed by atoms with van der Waals surface area (Å²) in [7, 11) is 0. The lowest BCUT2D eigenvalue weighted by Crippen LogP contribution is -2.51. The maximum Gasteiger partial charge on any atom is 0.0577 e. The van der Waals surface area contributed by atoms with Gasteiger partial charge in [0, 0.05) is 12.3 Å². The Morgan fingerprint density at radius 1 is 1.07 bits per heavy atom. The number of allylic oxidation sites excluding steroid dienone is 1. The van der Waals surface area contributed by atoms with Gasteiger partial charge in [0.2, 0.25) is 0 Å². The maximum absolute atomic E-state index is 10.2. The van der Waals surface area contributed by atoms with Crippen LogP contribution >= 0.6 is 0 Å². The quantitative estimate of drug-likeness (QED) is 0.535. The molecular weight excluding hydrogens is 354 g/mol. The highest BCUT2D eigenvalue weighted by Gasteiger charge is 2.59. The van der Waals surface area contributed by atoms with Crippen LogP contribution in [0.4, 0.5) is 0 Å². The number of hydrogen-bond donors (Lipinski definition) is 1. The Labute approximate surface area is 178 Å². The van der Waals surface area contributed by atoms with Gasteiger partial charge in [-0.3, -0.25) is 4.99 Å². The van der Waals surface area contributed by atoms with Crippen LogP contribution in [0.3, 0.4) is 0 Å². The van der Waals surface area contributed by atoms with Gasteiger partial charge in [0.1, 0.15) is 0 Å². The minimum absolute atomic E-state index is 0.0876. The van der Waals surface area contributed by atoms with E-state index in [2.05, 4.69) is 33.8 Å². The predicted molar refractivity (Wildman–Crippen MR) is 121 cm³/mol. The molecule has 0 aromatic rings. The fourth-order valence-electron chi connectivity index (χ4n) is 8.95. The van der Waals surface area contributed by atoms with Gasteiger partial charge >= 0.3 is 0 Å². The number of aliphatic hydroxyl groups is 1. The fourth-order valence-corrected chi connectivity index (χ4v) is 8.95. The van der Waals surface area contributed by atoms with Crippen LogP contribution in [0.2, 0.25) is 0 Å². The predicted octanol–water partition coefficient (Wildman–Crippen LogP) is 6.43. The molecule has 0 aromatic carbocycles. The number of aliphatic imine (C=N–C) groups is 1. The zero-order chi connectivity index (χ0) is 20.4. The van der Waals surface area contributed by atoms with E-state index >= 15 is 0 Å². The average Bonchev–Trinajstić information content (AvgIpc) is 3.06. The molecule has 162 valence electrons. The van der Waals surface area contributed by atoms with E-state index in [1.54, 1.807) is 11.3 Å². The van der Waals surface area contributed by atoms with Crippen molar-refractivity contribution in [1.29, 1.82) is 0 Å². The summed E-state index contributed by atoms with van der Waals surface area (Å²) in [5.41, 5.74) is 4.05. The zero-order valence-electron chi connectivity index (χ0n) is 19.3.